The van der Waals surface area contributed by atoms with Crippen molar-refractivity contribution in [1.29, 1.82) is 0 Å². The normalized spacial score (nSPS) is 22.3. The molecule has 1 aromatic carbocycles. The van der Waals surface area contributed by atoms with Crippen LogP contribution in [0.5, 0.6) is 0 Å². The van der Waals surface area contributed by atoms with E-state index in [1.54, 1.807) is 6.92 Å². The summed E-state index contributed by atoms with van der Waals surface area (Å²) in [5, 5.41) is 0. The van der Waals surface area contributed by atoms with Gasteiger partial charge in [0.1, 0.15) is 5.41 Å². The van der Waals surface area contributed by atoms with Gasteiger partial charge in [0.25, 0.3) is 0 Å². The van der Waals surface area contributed by atoms with E-state index in [4.69, 9.17) is 4.74 Å². The maximum Gasteiger partial charge on any atom is 0.321 e. The zero-order chi connectivity index (χ0) is 16.9. The number of halogens is 2. The fraction of sp³-hybridized carbons (Fsp3) is 0.529. The van der Waals surface area contributed by atoms with E-state index in [2.05, 4.69) is 0 Å². The lowest BCUT2D eigenvalue weighted by Crippen LogP contribution is -2.55. The van der Waals surface area contributed by atoms with Crippen LogP contribution in [0.1, 0.15) is 25.3 Å². The largest absolute Gasteiger partial charge is 0.465 e. The number of benzene rings is 1. The number of nitrogens with zero attached hydrogens (tertiary/aromatic N) is 1. The Hall–Kier alpha value is -1.82. The molecule has 23 heavy (non-hydrogen) atoms. The number of ether oxygens (including phenoxy) is 1. The molecule has 4 nitrogen and oxygen atoms in total. The molecule has 1 saturated heterocycles. The van der Waals surface area contributed by atoms with Gasteiger partial charge in [-0.25, -0.2) is 8.78 Å². The first-order chi connectivity index (χ1) is 11.0. The summed E-state index contributed by atoms with van der Waals surface area (Å²) >= 11 is 0. The first kappa shape index (κ1) is 17.5. The van der Waals surface area contributed by atoms with Gasteiger partial charge in [-0.05, 0) is 12.5 Å². The second-order valence-corrected chi connectivity index (χ2v) is 5.77. The third-order valence-electron chi connectivity index (χ3n) is 4.10. The van der Waals surface area contributed by atoms with Crippen LogP contribution in [0.2, 0.25) is 0 Å². The lowest BCUT2D eigenvalue weighted by atomic mass is 9.75. The summed E-state index contributed by atoms with van der Waals surface area (Å²) in [5.41, 5.74) is -0.742. The summed E-state index contributed by atoms with van der Waals surface area (Å²) in [5.74, 6) is -1.27. The van der Waals surface area contributed by atoms with Gasteiger partial charge in [-0.1, -0.05) is 30.3 Å². The van der Waals surface area contributed by atoms with Crippen LogP contribution >= 0.6 is 0 Å². The predicted molar refractivity (Wildman–Crippen MR) is 81.0 cm³/mol. The maximum atomic E-state index is 13.0. The van der Waals surface area contributed by atoms with E-state index in [0.29, 0.717) is 13.1 Å². The molecule has 0 aliphatic carbocycles. The number of ketones is 1. The average Bonchev–Trinajstić information content (AvgIpc) is 2.51. The first-order valence-corrected chi connectivity index (χ1v) is 7.73. The number of rotatable bonds is 6. The molecule has 0 bridgehead atoms. The maximum absolute atomic E-state index is 13.0. The molecule has 0 aromatic heterocycles. The molecule has 1 aliphatic rings. The number of alkyl halides is 2. The number of carbonyl (C=O) groups is 2. The topological polar surface area (TPSA) is 46.6 Å². The van der Waals surface area contributed by atoms with Crippen molar-refractivity contribution in [1.82, 2.24) is 4.90 Å². The summed E-state index contributed by atoms with van der Waals surface area (Å²) in [6.07, 6.45) is -3.44. The molecule has 1 heterocycles. The van der Waals surface area contributed by atoms with Crippen molar-refractivity contribution >= 4 is 11.8 Å². The number of Topliss-reactive ketones (excluding diaryl/α,β-unsaturated/α-hetero) is 1. The van der Waals surface area contributed by atoms with Gasteiger partial charge in [0.2, 0.25) is 6.43 Å². The van der Waals surface area contributed by atoms with Crippen molar-refractivity contribution in [3.05, 3.63) is 35.9 Å². The van der Waals surface area contributed by atoms with Gasteiger partial charge in [0.15, 0.2) is 5.78 Å². The molecule has 1 aliphatic heterocycles. The van der Waals surface area contributed by atoms with Crippen molar-refractivity contribution < 1.29 is 23.1 Å². The van der Waals surface area contributed by atoms with Gasteiger partial charge in [0.05, 0.1) is 6.61 Å². The van der Waals surface area contributed by atoms with Crippen molar-refractivity contribution in [2.45, 2.75) is 32.7 Å². The van der Waals surface area contributed by atoms with E-state index in [0.717, 1.165) is 5.56 Å². The third-order valence-corrected chi connectivity index (χ3v) is 4.10. The van der Waals surface area contributed by atoms with Crippen molar-refractivity contribution in [3.8, 4) is 0 Å². The standard InChI is InChI=1S/C17H21F2NO3/c1-2-23-16(22)17(10-15(18)19)12-20(9-8-14(17)21)11-13-6-4-3-5-7-13/h3-7,15H,2,8-12H2,1H3/t17-/m0/s1. The van der Waals surface area contributed by atoms with E-state index in [9.17, 15) is 18.4 Å². The second kappa shape index (κ2) is 7.64. The highest BCUT2D eigenvalue weighted by Gasteiger charge is 2.51. The number of hydrogen-bond donors (Lipinski definition) is 0. The molecule has 0 saturated carbocycles. The Morgan fingerprint density at radius 2 is 2.04 bits per heavy atom. The number of esters is 1. The van der Waals surface area contributed by atoms with Crippen LogP contribution in [0.25, 0.3) is 0 Å². The number of hydrogen-bond acceptors (Lipinski definition) is 4. The van der Waals surface area contributed by atoms with Crippen LogP contribution in [0.4, 0.5) is 8.78 Å². The van der Waals surface area contributed by atoms with E-state index in [-0.39, 0.29) is 19.6 Å². The summed E-state index contributed by atoms with van der Waals surface area (Å²) in [6, 6.07) is 9.53. The summed E-state index contributed by atoms with van der Waals surface area (Å²) in [6.45, 7) is 2.61. The molecule has 0 N–H and O–H groups in total. The van der Waals surface area contributed by atoms with Crippen molar-refractivity contribution in [3.63, 3.8) is 0 Å². The highest BCUT2D eigenvalue weighted by Crippen LogP contribution is 2.35. The Bertz CT molecular complexity index is 550. The van der Waals surface area contributed by atoms with Gasteiger partial charge in [-0.3, -0.25) is 14.5 Å². The van der Waals surface area contributed by atoms with Gasteiger partial charge in [-0.15, -0.1) is 0 Å². The molecule has 6 heteroatoms. The summed E-state index contributed by atoms with van der Waals surface area (Å²) in [4.78, 5) is 26.4. The molecule has 1 aromatic rings. The molecule has 1 fully saturated rings. The van der Waals surface area contributed by atoms with E-state index in [1.807, 2.05) is 35.2 Å². The zero-order valence-electron chi connectivity index (χ0n) is 13.1. The Labute approximate surface area is 134 Å². The second-order valence-electron chi connectivity index (χ2n) is 5.77. The fourth-order valence-corrected chi connectivity index (χ4v) is 3.00. The van der Waals surface area contributed by atoms with Crippen LogP contribution in [0.15, 0.2) is 30.3 Å². The lowest BCUT2D eigenvalue weighted by molar-refractivity contribution is -0.167. The molecule has 2 rings (SSSR count). The Morgan fingerprint density at radius 3 is 2.65 bits per heavy atom. The average molecular weight is 325 g/mol. The summed E-state index contributed by atoms with van der Waals surface area (Å²) in [7, 11) is 0. The molecule has 0 amide bonds. The van der Waals surface area contributed by atoms with E-state index in [1.165, 1.54) is 0 Å². The van der Waals surface area contributed by atoms with Gasteiger partial charge in [0, 0.05) is 32.5 Å². The monoisotopic (exact) mass is 325 g/mol. The summed E-state index contributed by atoms with van der Waals surface area (Å²) < 4.78 is 31.0. The molecule has 0 spiro atoms. The van der Waals surface area contributed by atoms with Crippen LogP contribution in [0.3, 0.4) is 0 Å². The minimum absolute atomic E-state index is 0.0239. The van der Waals surface area contributed by atoms with Crippen LogP contribution in [-0.2, 0) is 20.9 Å². The minimum atomic E-state index is -2.74. The molecule has 0 radical (unpaired) electrons. The molecular formula is C17H21F2NO3. The zero-order valence-corrected chi connectivity index (χ0v) is 13.1. The molecule has 126 valence electrons. The fourth-order valence-electron chi connectivity index (χ4n) is 3.00. The van der Waals surface area contributed by atoms with E-state index >= 15 is 0 Å². The van der Waals surface area contributed by atoms with Crippen molar-refractivity contribution in [2.24, 2.45) is 5.41 Å². The third kappa shape index (κ3) is 4.13. The lowest BCUT2D eigenvalue weighted by Gasteiger charge is -2.39. The highest BCUT2D eigenvalue weighted by atomic mass is 19.3. The predicted octanol–water partition coefficient (Wildman–Crippen LogP) is 2.67. The minimum Gasteiger partial charge on any atom is -0.465 e. The number of likely N-dealkylation sites (tertiary alicyclic amines) is 1. The Balaban J connectivity index is 2.20. The first-order valence-electron chi connectivity index (χ1n) is 7.73. The van der Waals surface area contributed by atoms with Crippen LogP contribution in [0, 0.1) is 5.41 Å². The van der Waals surface area contributed by atoms with Crippen molar-refractivity contribution in [2.75, 3.05) is 19.7 Å². The Kier molecular flexibility index (Phi) is 5.82. The van der Waals surface area contributed by atoms with E-state index < -0.39 is 30.0 Å². The van der Waals surface area contributed by atoms with Gasteiger partial charge >= 0.3 is 5.97 Å². The molecule has 1 atom stereocenters. The smallest absolute Gasteiger partial charge is 0.321 e. The SMILES string of the molecule is CCOC(=O)[C@@]1(CC(F)F)CN(Cc2ccccc2)CCC1=O. The Morgan fingerprint density at radius 1 is 1.35 bits per heavy atom. The quantitative estimate of drug-likeness (QED) is 0.596. The number of piperidine rings is 1. The number of carbonyl (C=O) groups excluding carboxylic acids is 2. The highest BCUT2D eigenvalue weighted by molar-refractivity contribution is 6.04. The van der Waals surface area contributed by atoms with Gasteiger partial charge < -0.3 is 4.74 Å². The van der Waals surface area contributed by atoms with Crippen LogP contribution < -0.4 is 0 Å². The molecule has 0 unspecified atom stereocenters. The molecular weight excluding hydrogens is 304 g/mol. The van der Waals surface area contributed by atoms with Gasteiger partial charge in [-0.2, -0.15) is 0 Å². The van der Waals surface area contributed by atoms with Crippen LogP contribution in [-0.4, -0.2) is 42.8 Å².